The smallest absolute Gasteiger partial charge is 0.224 e. The van der Waals surface area contributed by atoms with E-state index in [0.29, 0.717) is 31.7 Å². The number of carbonyl (C=O) groups is 2. The fourth-order valence-corrected chi connectivity index (χ4v) is 3.81. The van der Waals surface area contributed by atoms with Crippen molar-refractivity contribution in [2.75, 3.05) is 23.4 Å². The van der Waals surface area contributed by atoms with Crippen LogP contribution in [0, 0.1) is 0 Å². The third-order valence-electron chi connectivity index (χ3n) is 4.56. The number of carbonyl (C=O) groups excluding carboxylic acids is 2. The van der Waals surface area contributed by atoms with Gasteiger partial charge in [0.25, 0.3) is 0 Å². The van der Waals surface area contributed by atoms with E-state index in [0.717, 1.165) is 33.5 Å². The van der Waals surface area contributed by atoms with Crippen LogP contribution in [-0.4, -0.2) is 25.0 Å². The Morgan fingerprint density at radius 2 is 1.96 bits per heavy atom. The molecule has 1 heterocycles. The molecule has 0 fully saturated rings. The molecule has 0 saturated carbocycles. The lowest BCUT2D eigenvalue weighted by atomic mass is 10.1. The lowest BCUT2D eigenvalue weighted by Crippen LogP contribution is -2.27. The van der Waals surface area contributed by atoms with Gasteiger partial charge in [-0.25, -0.2) is 0 Å². The van der Waals surface area contributed by atoms with Gasteiger partial charge in [0.05, 0.1) is 18.0 Å². The van der Waals surface area contributed by atoms with E-state index < -0.39 is 0 Å². The highest BCUT2D eigenvalue weighted by atomic mass is 79.9. The fourth-order valence-electron chi connectivity index (χ4n) is 3.31. The zero-order valence-electron chi connectivity index (χ0n) is 15.5. The predicted molar refractivity (Wildman–Crippen MR) is 110 cm³/mol. The molecule has 0 radical (unpaired) electrons. The number of hydrogen-bond acceptors (Lipinski definition) is 3. The minimum atomic E-state index is -0.0698. The molecule has 0 saturated heterocycles. The van der Waals surface area contributed by atoms with E-state index in [4.69, 9.17) is 4.74 Å². The first-order chi connectivity index (χ1) is 13.0. The zero-order chi connectivity index (χ0) is 19.4. The molecule has 0 aromatic heterocycles. The highest BCUT2D eigenvalue weighted by molar-refractivity contribution is 9.10. The average molecular weight is 431 g/mol. The summed E-state index contributed by atoms with van der Waals surface area (Å²) in [7, 11) is 0. The summed E-state index contributed by atoms with van der Waals surface area (Å²) in [5.74, 6) is 0.750. The van der Waals surface area contributed by atoms with Crippen molar-refractivity contribution in [1.82, 2.24) is 0 Å². The van der Waals surface area contributed by atoms with Crippen LogP contribution in [-0.2, 0) is 22.4 Å². The molecule has 6 heteroatoms. The van der Waals surface area contributed by atoms with Crippen LogP contribution in [0.3, 0.4) is 0 Å². The third-order valence-corrected chi connectivity index (χ3v) is 5.02. The van der Waals surface area contributed by atoms with Crippen molar-refractivity contribution in [3.63, 3.8) is 0 Å². The van der Waals surface area contributed by atoms with Crippen LogP contribution in [0.25, 0.3) is 0 Å². The number of benzene rings is 2. The second-order valence-electron chi connectivity index (χ2n) is 6.51. The van der Waals surface area contributed by atoms with E-state index in [1.165, 1.54) is 0 Å². The lowest BCUT2D eigenvalue weighted by Gasteiger charge is -2.19. The van der Waals surface area contributed by atoms with Gasteiger partial charge in [0.15, 0.2) is 0 Å². The number of nitrogens with one attached hydrogen (secondary N) is 1. The summed E-state index contributed by atoms with van der Waals surface area (Å²) in [4.78, 5) is 26.1. The fraction of sp³-hybridized carbons (Fsp3) is 0.333. The van der Waals surface area contributed by atoms with E-state index in [2.05, 4.69) is 21.2 Å². The van der Waals surface area contributed by atoms with Crippen molar-refractivity contribution in [1.29, 1.82) is 0 Å². The SMILES string of the molecule is CCOc1ccc(CCC(=O)Nc2cc(Br)cc3c2N(C(C)=O)CC3)cc1. The number of fused-ring (bicyclic) bond motifs is 1. The molecule has 2 aromatic carbocycles. The molecule has 27 heavy (non-hydrogen) atoms. The molecule has 3 rings (SSSR count). The first-order valence-electron chi connectivity index (χ1n) is 9.10. The van der Waals surface area contributed by atoms with Gasteiger partial charge in [-0.05, 0) is 55.2 Å². The molecule has 1 aliphatic heterocycles. The summed E-state index contributed by atoms with van der Waals surface area (Å²) >= 11 is 3.49. The van der Waals surface area contributed by atoms with Gasteiger partial charge in [0.1, 0.15) is 5.75 Å². The monoisotopic (exact) mass is 430 g/mol. The summed E-state index contributed by atoms with van der Waals surface area (Å²) in [5.41, 5.74) is 3.66. The van der Waals surface area contributed by atoms with Crippen LogP contribution >= 0.6 is 15.9 Å². The number of aryl methyl sites for hydroxylation is 1. The van der Waals surface area contributed by atoms with E-state index in [9.17, 15) is 9.59 Å². The summed E-state index contributed by atoms with van der Waals surface area (Å²) < 4.78 is 6.33. The van der Waals surface area contributed by atoms with E-state index in [1.54, 1.807) is 11.8 Å². The van der Waals surface area contributed by atoms with Crippen LogP contribution in [0.15, 0.2) is 40.9 Å². The van der Waals surface area contributed by atoms with Crippen molar-refractivity contribution in [2.24, 2.45) is 0 Å². The van der Waals surface area contributed by atoms with E-state index in [-0.39, 0.29) is 11.8 Å². The van der Waals surface area contributed by atoms with Crippen molar-refractivity contribution in [3.05, 3.63) is 52.0 Å². The quantitative estimate of drug-likeness (QED) is 0.741. The molecule has 2 aromatic rings. The predicted octanol–water partition coefficient (Wildman–Crippen LogP) is 4.33. The van der Waals surface area contributed by atoms with Crippen molar-refractivity contribution < 1.29 is 14.3 Å². The van der Waals surface area contributed by atoms with E-state index >= 15 is 0 Å². The number of ether oxygens (including phenoxy) is 1. The molecule has 1 aliphatic rings. The molecule has 0 aliphatic carbocycles. The van der Waals surface area contributed by atoms with Crippen LogP contribution < -0.4 is 15.0 Å². The van der Waals surface area contributed by atoms with Crippen molar-refractivity contribution in [3.8, 4) is 5.75 Å². The number of hydrogen-bond donors (Lipinski definition) is 1. The normalized spacial score (nSPS) is 12.6. The minimum Gasteiger partial charge on any atom is -0.494 e. The van der Waals surface area contributed by atoms with Crippen LogP contribution in [0.4, 0.5) is 11.4 Å². The summed E-state index contributed by atoms with van der Waals surface area (Å²) in [6.07, 6.45) is 1.81. The van der Waals surface area contributed by atoms with Crippen LogP contribution in [0.1, 0.15) is 31.4 Å². The Morgan fingerprint density at radius 1 is 1.22 bits per heavy atom. The molecular weight excluding hydrogens is 408 g/mol. The van der Waals surface area contributed by atoms with E-state index in [1.807, 2.05) is 43.3 Å². The second-order valence-corrected chi connectivity index (χ2v) is 7.42. The Bertz CT molecular complexity index is 849. The Balaban J connectivity index is 1.67. The van der Waals surface area contributed by atoms with Crippen molar-refractivity contribution >= 4 is 39.1 Å². The molecule has 2 amide bonds. The summed E-state index contributed by atoms with van der Waals surface area (Å²) in [5, 5.41) is 2.98. The van der Waals surface area contributed by atoms with Gasteiger partial charge >= 0.3 is 0 Å². The number of rotatable bonds is 6. The van der Waals surface area contributed by atoms with Gasteiger partial charge in [0, 0.05) is 24.4 Å². The Morgan fingerprint density at radius 3 is 2.63 bits per heavy atom. The van der Waals surface area contributed by atoms with Gasteiger partial charge < -0.3 is 15.0 Å². The maximum absolute atomic E-state index is 12.5. The number of anilines is 2. The third kappa shape index (κ3) is 4.69. The second kappa shape index (κ2) is 8.57. The van der Waals surface area contributed by atoms with Crippen LogP contribution in [0.5, 0.6) is 5.75 Å². The van der Waals surface area contributed by atoms with Gasteiger partial charge in [-0.15, -0.1) is 0 Å². The van der Waals surface area contributed by atoms with Gasteiger partial charge in [-0.2, -0.15) is 0 Å². The topological polar surface area (TPSA) is 58.6 Å². The summed E-state index contributed by atoms with van der Waals surface area (Å²) in [6.45, 7) is 4.78. The average Bonchev–Trinajstić information content (AvgIpc) is 3.05. The first-order valence-corrected chi connectivity index (χ1v) is 9.89. The first kappa shape index (κ1) is 19.4. The standard InChI is InChI=1S/C21H23BrN2O3/c1-3-27-18-7-4-15(5-8-18)6-9-20(26)23-19-13-17(22)12-16-10-11-24(14(2)25)21(16)19/h4-5,7-8,12-13H,3,6,9-11H2,1-2H3,(H,23,26). The molecule has 5 nitrogen and oxygen atoms in total. The summed E-state index contributed by atoms with van der Waals surface area (Å²) in [6, 6.07) is 11.7. The highest BCUT2D eigenvalue weighted by Gasteiger charge is 2.26. The van der Waals surface area contributed by atoms with Gasteiger partial charge in [-0.1, -0.05) is 28.1 Å². The molecule has 142 valence electrons. The number of halogens is 1. The zero-order valence-corrected chi connectivity index (χ0v) is 17.1. The lowest BCUT2D eigenvalue weighted by molar-refractivity contribution is -0.117. The molecule has 0 bridgehead atoms. The van der Waals surface area contributed by atoms with Gasteiger partial charge in [-0.3, -0.25) is 9.59 Å². The molecular formula is C21H23BrN2O3. The number of amides is 2. The minimum absolute atomic E-state index is 0.0130. The number of nitrogens with zero attached hydrogens (tertiary/aromatic N) is 1. The molecule has 1 N–H and O–H groups in total. The molecule has 0 atom stereocenters. The Kier molecular flexibility index (Phi) is 6.16. The maximum Gasteiger partial charge on any atom is 0.224 e. The molecule has 0 unspecified atom stereocenters. The molecule has 0 spiro atoms. The van der Waals surface area contributed by atoms with Crippen molar-refractivity contribution in [2.45, 2.75) is 33.1 Å². The highest BCUT2D eigenvalue weighted by Crippen LogP contribution is 2.38. The maximum atomic E-state index is 12.5. The largest absolute Gasteiger partial charge is 0.494 e. The van der Waals surface area contributed by atoms with Crippen LogP contribution in [0.2, 0.25) is 0 Å². The van der Waals surface area contributed by atoms with Gasteiger partial charge in [0.2, 0.25) is 11.8 Å². The Hall–Kier alpha value is -2.34. The Labute approximate surface area is 167 Å².